The third kappa shape index (κ3) is 6.19. The molecule has 0 saturated carbocycles. The van der Waals surface area contributed by atoms with Gasteiger partial charge in [-0.3, -0.25) is 9.36 Å². The summed E-state index contributed by atoms with van der Waals surface area (Å²) in [5.74, 6) is 2.85. The third-order valence-electron chi connectivity index (χ3n) is 5.04. The molecule has 4 rings (SSSR count). The first-order valence-electron chi connectivity index (χ1n) is 11.3. The van der Waals surface area contributed by atoms with Crippen LogP contribution in [0, 0.1) is 6.92 Å². The van der Waals surface area contributed by atoms with E-state index in [0.29, 0.717) is 41.1 Å². The summed E-state index contributed by atoms with van der Waals surface area (Å²) in [6.07, 6.45) is 8.48. The summed E-state index contributed by atoms with van der Waals surface area (Å²) >= 11 is 0. The van der Waals surface area contributed by atoms with E-state index in [0.717, 1.165) is 25.0 Å². The number of aryl methyl sites for hydroxylation is 1. The van der Waals surface area contributed by atoms with Crippen LogP contribution < -0.4 is 14.8 Å². The van der Waals surface area contributed by atoms with Crippen molar-refractivity contribution in [2.45, 2.75) is 33.1 Å². The Labute approximate surface area is 198 Å². The Morgan fingerprint density at radius 3 is 2.47 bits per heavy atom. The Hall–Kier alpha value is -4.20. The molecule has 0 atom stereocenters. The van der Waals surface area contributed by atoms with Gasteiger partial charge >= 0.3 is 0 Å². The number of nitrogens with zero attached hydrogens (tertiary/aromatic N) is 4. The molecule has 0 bridgehead atoms. The molecule has 0 fully saturated rings. The summed E-state index contributed by atoms with van der Waals surface area (Å²) in [6.45, 7) is 4.65. The van der Waals surface area contributed by atoms with Gasteiger partial charge in [0, 0.05) is 29.7 Å². The third-order valence-corrected chi connectivity index (χ3v) is 5.04. The monoisotopic (exact) mass is 457 g/mol. The zero-order valence-electron chi connectivity index (χ0n) is 19.3. The van der Waals surface area contributed by atoms with Crippen molar-refractivity contribution in [3.8, 4) is 23.2 Å². The van der Waals surface area contributed by atoms with E-state index in [1.165, 1.54) is 0 Å². The molecule has 0 saturated heterocycles. The van der Waals surface area contributed by atoms with Gasteiger partial charge in [-0.05, 0) is 61.9 Å². The zero-order chi connectivity index (χ0) is 23.8. The molecular formula is C26H27N5O3. The minimum Gasteiger partial charge on any atom is -0.494 e. The minimum atomic E-state index is -0.192. The highest BCUT2D eigenvalue weighted by molar-refractivity contribution is 6.04. The van der Waals surface area contributed by atoms with Crippen LogP contribution in [0.4, 0.5) is 5.69 Å². The van der Waals surface area contributed by atoms with E-state index in [2.05, 4.69) is 27.2 Å². The lowest BCUT2D eigenvalue weighted by Gasteiger charge is -2.10. The number of hydrogen-bond acceptors (Lipinski definition) is 6. The molecule has 8 heteroatoms. The Bertz CT molecular complexity index is 1210. The number of hydrogen-bond donors (Lipinski definition) is 1. The molecule has 174 valence electrons. The van der Waals surface area contributed by atoms with Crippen LogP contribution in [-0.4, -0.2) is 32.0 Å². The Kier molecular flexibility index (Phi) is 7.49. The Morgan fingerprint density at radius 1 is 1.00 bits per heavy atom. The van der Waals surface area contributed by atoms with Gasteiger partial charge in [-0.2, -0.15) is 4.98 Å². The zero-order valence-corrected chi connectivity index (χ0v) is 19.3. The van der Waals surface area contributed by atoms with Crippen molar-refractivity contribution >= 4 is 11.6 Å². The van der Waals surface area contributed by atoms with Crippen LogP contribution in [0.1, 0.15) is 42.4 Å². The van der Waals surface area contributed by atoms with Crippen molar-refractivity contribution < 1.29 is 14.3 Å². The van der Waals surface area contributed by atoms with Crippen molar-refractivity contribution in [1.29, 1.82) is 0 Å². The summed E-state index contributed by atoms with van der Waals surface area (Å²) in [6, 6.07) is 16.0. The van der Waals surface area contributed by atoms with Gasteiger partial charge in [0.25, 0.3) is 5.91 Å². The van der Waals surface area contributed by atoms with Gasteiger partial charge in [-0.25, -0.2) is 9.97 Å². The van der Waals surface area contributed by atoms with E-state index in [9.17, 15) is 4.79 Å². The van der Waals surface area contributed by atoms with E-state index in [1.807, 2.05) is 12.1 Å². The number of anilines is 1. The van der Waals surface area contributed by atoms with Crippen molar-refractivity contribution in [2.75, 3.05) is 11.9 Å². The highest BCUT2D eigenvalue weighted by Crippen LogP contribution is 2.23. The van der Waals surface area contributed by atoms with Gasteiger partial charge < -0.3 is 14.8 Å². The number of imidazole rings is 1. The molecule has 0 aliphatic heterocycles. The van der Waals surface area contributed by atoms with Crippen LogP contribution >= 0.6 is 0 Å². The molecule has 1 amide bonds. The quantitative estimate of drug-likeness (QED) is 0.312. The van der Waals surface area contributed by atoms with E-state index < -0.39 is 0 Å². The molecule has 2 aromatic carbocycles. The standard InChI is InChI=1S/C26H27N5O3/c1-3-4-5-16-33-22-10-6-20(7-11-22)26(32)30-21-8-12-23(13-9-21)34-25-17-24(28-19(2)29-25)31-15-14-27-18-31/h6-15,17-18H,3-5,16H2,1-2H3,(H,30,32). The first-order chi connectivity index (χ1) is 16.6. The number of carbonyl (C=O) groups excluding carboxylic acids is 1. The van der Waals surface area contributed by atoms with Crippen LogP contribution in [0.25, 0.3) is 5.82 Å². The molecular weight excluding hydrogens is 430 g/mol. The second kappa shape index (κ2) is 11.1. The lowest BCUT2D eigenvalue weighted by Crippen LogP contribution is -2.11. The van der Waals surface area contributed by atoms with Gasteiger partial charge in [0.05, 0.1) is 6.61 Å². The van der Waals surface area contributed by atoms with Crippen molar-refractivity contribution in [3.63, 3.8) is 0 Å². The number of benzene rings is 2. The number of ether oxygens (including phenoxy) is 2. The topological polar surface area (TPSA) is 91.2 Å². The summed E-state index contributed by atoms with van der Waals surface area (Å²) < 4.78 is 13.4. The molecule has 34 heavy (non-hydrogen) atoms. The van der Waals surface area contributed by atoms with Gasteiger partial charge in [0.15, 0.2) is 0 Å². The van der Waals surface area contributed by atoms with E-state index in [1.54, 1.807) is 72.7 Å². The highest BCUT2D eigenvalue weighted by atomic mass is 16.5. The van der Waals surface area contributed by atoms with Crippen LogP contribution in [-0.2, 0) is 0 Å². The Morgan fingerprint density at radius 2 is 1.76 bits per heavy atom. The van der Waals surface area contributed by atoms with E-state index >= 15 is 0 Å². The van der Waals surface area contributed by atoms with Crippen LogP contribution in [0.5, 0.6) is 17.4 Å². The highest BCUT2D eigenvalue weighted by Gasteiger charge is 2.09. The SMILES string of the molecule is CCCCCOc1ccc(C(=O)Nc2ccc(Oc3cc(-n4ccnc4)nc(C)n3)cc2)cc1. The molecule has 2 heterocycles. The first-order valence-corrected chi connectivity index (χ1v) is 11.3. The number of unbranched alkanes of at least 4 members (excludes halogenated alkanes) is 2. The lowest BCUT2D eigenvalue weighted by atomic mass is 10.2. The lowest BCUT2D eigenvalue weighted by molar-refractivity contribution is 0.102. The van der Waals surface area contributed by atoms with E-state index in [4.69, 9.17) is 9.47 Å². The maximum absolute atomic E-state index is 12.6. The molecule has 2 aromatic heterocycles. The maximum Gasteiger partial charge on any atom is 0.255 e. The molecule has 0 radical (unpaired) electrons. The maximum atomic E-state index is 12.6. The normalized spacial score (nSPS) is 10.6. The number of carbonyl (C=O) groups is 1. The largest absolute Gasteiger partial charge is 0.494 e. The second-order valence-corrected chi connectivity index (χ2v) is 7.74. The number of aromatic nitrogens is 4. The van der Waals surface area contributed by atoms with Crippen molar-refractivity contribution in [1.82, 2.24) is 19.5 Å². The molecule has 0 aliphatic carbocycles. The predicted octanol–water partition coefficient (Wildman–Crippen LogP) is 5.58. The molecule has 0 unspecified atom stereocenters. The van der Waals surface area contributed by atoms with Gasteiger partial charge in [0.1, 0.15) is 29.5 Å². The molecule has 0 aliphatic rings. The summed E-state index contributed by atoms with van der Waals surface area (Å²) in [7, 11) is 0. The number of amides is 1. The predicted molar refractivity (Wildman–Crippen MR) is 130 cm³/mol. The molecule has 4 aromatic rings. The minimum absolute atomic E-state index is 0.192. The fourth-order valence-corrected chi connectivity index (χ4v) is 3.28. The molecule has 8 nitrogen and oxygen atoms in total. The first kappa shape index (κ1) is 23.0. The summed E-state index contributed by atoms with van der Waals surface area (Å²) in [5, 5.41) is 2.89. The van der Waals surface area contributed by atoms with Gasteiger partial charge in [0.2, 0.25) is 5.88 Å². The summed E-state index contributed by atoms with van der Waals surface area (Å²) in [4.78, 5) is 25.4. The average molecular weight is 458 g/mol. The van der Waals surface area contributed by atoms with Gasteiger partial charge in [-0.15, -0.1) is 0 Å². The fraction of sp³-hybridized carbons (Fsp3) is 0.231. The number of nitrogens with one attached hydrogen (secondary N) is 1. The average Bonchev–Trinajstić information content (AvgIpc) is 3.38. The van der Waals surface area contributed by atoms with E-state index in [-0.39, 0.29) is 5.91 Å². The van der Waals surface area contributed by atoms with Crippen molar-refractivity contribution in [2.24, 2.45) is 0 Å². The molecule has 0 spiro atoms. The van der Waals surface area contributed by atoms with Crippen LogP contribution in [0.3, 0.4) is 0 Å². The Balaban J connectivity index is 1.34. The fourth-order valence-electron chi connectivity index (χ4n) is 3.28. The van der Waals surface area contributed by atoms with Crippen LogP contribution in [0.2, 0.25) is 0 Å². The summed E-state index contributed by atoms with van der Waals surface area (Å²) in [5.41, 5.74) is 1.22. The van der Waals surface area contributed by atoms with Crippen LogP contribution in [0.15, 0.2) is 73.3 Å². The second-order valence-electron chi connectivity index (χ2n) is 7.74. The smallest absolute Gasteiger partial charge is 0.255 e. The van der Waals surface area contributed by atoms with Crippen molar-refractivity contribution in [3.05, 3.63) is 84.7 Å². The number of rotatable bonds is 10. The van der Waals surface area contributed by atoms with Gasteiger partial charge in [-0.1, -0.05) is 19.8 Å². The molecule has 1 N–H and O–H groups in total.